The van der Waals surface area contributed by atoms with Crippen molar-refractivity contribution < 1.29 is 18.9 Å². The number of furan rings is 1. The number of amides is 1. The highest BCUT2D eigenvalue weighted by Gasteiger charge is 2.22. The van der Waals surface area contributed by atoms with Crippen molar-refractivity contribution >= 4 is 50.5 Å². The van der Waals surface area contributed by atoms with E-state index < -0.39 is 16.7 Å². The van der Waals surface area contributed by atoms with Crippen LogP contribution in [-0.4, -0.2) is 27.8 Å². The molecule has 0 aliphatic heterocycles. The smallest absolute Gasteiger partial charge is 0.400 e. The number of hydrogen-bond donors (Lipinski definition) is 0. The van der Waals surface area contributed by atoms with Crippen molar-refractivity contribution in [2.45, 2.75) is 6.92 Å². The van der Waals surface area contributed by atoms with Gasteiger partial charge in [0, 0.05) is 16.7 Å². The minimum absolute atomic E-state index is 0.102. The van der Waals surface area contributed by atoms with E-state index in [9.17, 15) is 19.7 Å². The Morgan fingerprint density at radius 3 is 2.38 bits per heavy atom. The predicted molar refractivity (Wildman–Crippen MR) is 140 cm³/mol. The first-order valence-electron chi connectivity index (χ1n) is 11.1. The number of anilines is 1. The molecule has 1 amide bonds. The van der Waals surface area contributed by atoms with E-state index in [1.54, 1.807) is 48.5 Å². The van der Waals surface area contributed by atoms with Gasteiger partial charge in [-0.1, -0.05) is 59.9 Å². The minimum Gasteiger partial charge on any atom is -0.400 e. The average molecular weight is 511 g/mol. The van der Waals surface area contributed by atoms with Crippen LogP contribution in [0.2, 0.25) is 0 Å². The molecule has 0 saturated carbocycles. The van der Waals surface area contributed by atoms with Gasteiger partial charge in [0.2, 0.25) is 5.13 Å². The van der Waals surface area contributed by atoms with Crippen LogP contribution in [-0.2, 0) is 0 Å². The quantitative estimate of drug-likeness (QED) is 0.114. The van der Waals surface area contributed by atoms with Crippen molar-refractivity contribution in [2.24, 2.45) is 5.10 Å². The first-order valence-corrected chi connectivity index (χ1v) is 11.9. The third-order valence-corrected chi connectivity index (χ3v) is 6.42. The molecule has 0 atom stereocenters. The van der Waals surface area contributed by atoms with Gasteiger partial charge in [0.15, 0.2) is 11.5 Å². The van der Waals surface area contributed by atoms with Gasteiger partial charge in [0.05, 0.1) is 22.5 Å². The Bertz CT molecular complexity index is 1660. The maximum absolute atomic E-state index is 13.5. The predicted octanol–water partition coefficient (Wildman–Crippen LogP) is 6.02. The first-order chi connectivity index (χ1) is 17.9. The van der Waals surface area contributed by atoms with Crippen molar-refractivity contribution in [3.63, 3.8) is 0 Å². The highest BCUT2D eigenvalue weighted by Crippen LogP contribution is 2.31. The van der Waals surface area contributed by atoms with Crippen LogP contribution >= 0.6 is 11.3 Å². The van der Waals surface area contributed by atoms with Crippen LogP contribution in [0.5, 0.6) is 0 Å². The third kappa shape index (κ3) is 5.04. The summed E-state index contributed by atoms with van der Waals surface area (Å²) in [5.74, 6) is -0.985. The molecule has 0 unspecified atom stereocenters. The van der Waals surface area contributed by atoms with Gasteiger partial charge in [-0.15, -0.1) is 0 Å². The van der Waals surface area contributed by atoms with Gasteiger partial charge < -0.3 is 4.42 Å². The molecule has 0 aliphatic carbocycles. The Kier molecular flexibility index (Phi) is 6.40. The van der Waals surface area contributed by atoms with Crippen LogP contribution in [0.25, 0.3) is 10.2 Å². The van der Waals surface area contributed by atoms with Crippen LogP contribution in [0.15, 0.2) is 94.4 Å². The highest BCUT2D eigenvalue weighted by atomic mass is 32.1. The fourth-order valence-electron chi connectivity index (χ4n) is 3.57. The molecule has 37 heavy (non-hydrogen) atoms. The zero-order chi connectivity index (χ0) is 25.9. The maximum atomic E-state index is 13.5. The molecule has 2 aromatic heterocycles. The Balaban J connectivity index is 1.48. The molecule has 0 bridgehead atoms. The van der Waals surface area contributed by atoms with Gasteiger partial charge in [-0.25, -0.2) is 4.98 Å². The van der Waals surface area contributed by atoms with E-state index in [2.05, 4.69) is 10.1 Å². The number of rotatable bonds is 7. The number of carbonyl (C=O) groups excluding carboxylic acids is 2. The van der Waals surface area contributed by atoms with E-state index in [1.165, 1.54) is 29.7 Å². The van der Waals surface area contributed by atoms with Gasteiger partial charge in [-0.05, 0) is 42.8 Å². The third-order valence-electron chi connectivity index (χ3n) is 5.43. The summed E-state index contributed by atoms with van der Waals surface area (Å²) in [4.78, 5) is 41.1. The molecule has 5 aromatic rings. The van der Waals surface area contributed by atoms with Gasteiger partial charge in [-0.2, -0.15) is 10.1 Å². The molecule has 5 rings (SSSR count). The summed E-state index contributed by atoms with van der Waals surface area (Å²) in [5, 5.41) is 16.6. The Labute approximate surface area is 214 Å². The van der Waals surface area contributed by atoms with Gasteiger partial charge >= 0.3 is 5.88 Å². The molecule has 0 spiro atoms. The second-order valence-electron chi connectivity index (χ2n) is 8.03. The zero-order valence-corrected chi connectivity index (χ0v) is 20.2. The maximum Gasteiger partial charge on any atom is 0.433 e. The standard InChI is InChI=1S/C27H18N4O5S/c1-17-7-13-22-23(15-17)37-27(29-22)30(28-16-21-12-14-24(36-21)31(34)35)26(33)20-10-8-19(9-11-20)25(32)18-5-3-2-4-6-18/h2-16H,1H3/b28-16+. The van der Waals surface area contributed by atoms with E-state index in [0.29, 0.717) is 21.8 Å². The molecule has 9 nitrogen and oxygen atoms in total. The summed E-state index contributed by atoms with van der Waals surface area (Å²) in [6, 6.07) is 23.5. The normalized spacial score (nSPS) is 11.2. The molecule has 0 fully saturated rings. The molecule has 3 aromatic carbocycles. The van der Waals surface area contributed by atoms with Gasteiger partial charge in [0.25, 0.3) is 5.91 Å². The SMILES string of the molecule is Cc1ccc2nc(N(/N=C/c3ccc([N+](=O)[O-])o3)C(=O)c3ccc(C(=O)c4ccccc4)cc3)sc2c1. The lowest BCUT2D eigenvalue weighted by atomic mass is 10.0. The molecule has 0 saturated heterocycles. The number of nitrogens with zero attached hydrogens (tertiary/aromatic N) is 4. The van der Waals surface area contributed by atoms with Gasteiger partial charge in [0.1, 0.15) is 4.92 Å². The van der Waals surface area contributed by atoms with E-state index in [1.807, 2.05) is 31.2 Å². The molecule has 10 heteroatoms. The Morgan fingerprint density at radius 2 is 1.68 bits per heavy atom. The van der Waals surface area contributed by atoms with Crippen LogP contribution < -0.4 is 5.01 Å². The van der Waals surface area contributed by atoms with Crippen LogP contribution in [0.3, 0.4) is 0 Å². The van der Waals surface area contributed by atoms with Crippen molar-refractivity contribution in [1.29, 1.82) is 0 Å². The number of nitro groups is 1. The lowest BCUT2D eigenvalue weighted by Gasteiger charge is -2.14. The number of hydrogen-bond acceptors (Lipinski definition) is 8. The van der Waals surface area contributed by atoms with Crippen LogP contribution in [0.1, 0.15) is 37.6 Å². The van der Waals surface area contributed by atoms with E-state index in [4.69, 9.17) is 4.42 Å². The number of thiazole rings is 1. The fraction of sp³-hybridized carbons (Fsp3) is 0.0370. The lowest BCUT2D eigenvalue weighted by molar-refractivity contribution is -0.402. The number of ketones is 1. The topological polar surface area (TPSA) is 119 Å². The summed E-state index contributed by atoms with van der Waals surface area (Å²) in [7, 11) is 0. The molecule has 0 radical (unpaired) electrons. The zero-order valence-electron chi connectivity index (χ0n) is 19.4. The second-order valence-corrected chi connectivity index (χ2v) is 9.04. The molecule has 0 aliphatic rings. The first kappa shape index (κ1) is 23.8. The minimum atomic E-state index is -0.658. The number of aryl methyl sites for hydroxylation is 1. The number of hydrazone groups is 1. The highest BCUT2D eigenvalue weighted by molar-refractivity contribution is 7.22. The molecule has 0 N–H and O–H groups in total. The molecular formula is C27H18N4O5S. The van der Waals surface area contributed by atoms with E-state index in [-0.39, 0.29) is 17.1 Å². The summed E-state index contributed by atoms with van der Waals surface area (Å²) in [5.41, 5.74) is 3.02. The number of fused-ring (bicyclic) bond motifs is 1. The average Bonchev–Trinajstić information content (AvgIpc) is 3.56. The fourth-order valence-corrected chi connectivity index (χ4v) is 4.59. The lowest BCUT2D eigenvalue weighted by Crippen LogP contribution is -2.25. The van der Waals surface area contributed by atoms with E-state index >= 15 is 0 Å². The Morgan fingerprint density at radius 1 is 0.973 bits per heavy atom. The summed E-state index contributed by atoms with van der Waals surface area (Å²) < 4.78 is 6.01. The summed E-state index contributed by atoms with van der Waals surface area (Å²) in [6.07, 6.45) is 1.22. The molecule has 2 heterocycles. The summed E-state index contributed by atoms with van der Waals surface area (Å²) >= 11 is 1.28. The van der Waals surface area contributed by atoms with Crippen molar-refractivity contribution in [1.82, 2.24) is 4.98 Å². The largest absolute Gasteiger partial charge is 0.433 e. The van der Waals surface area contributed by atoms with Crippen molar-refractivity contribution in [3.05, 3.63) is 123 Å². The van der Waals surface area contributed by atoms with Crippen molar-refractivity contribution in [2.75, 3.05) is 5.01 Å². The number of benzene rings is 3. The Hall–Kier alpha value is -4.96. The summed E-state index contributed by atoms with van der Waals surface area (Å²) in [6.45, 7) is 1.96. The number of carbonyl (C=O) groups is 2. The monoisotopic (exact) mass is 510 g/mol. The van der Waals surface area contributed by atoms with Crippen LogP contribution in [0.4, 0.5) is 11.0 Å². The second kappa shape index (κ2) is 9.96. The van der Waals surface area contributed by atoms with Gasteiger partial charge in [-0.3, -0.25) is 19.7 Å². The molecular weight excluding hydrogens is 492 g/mol. The van der Waals surface area contributed by atoms with Crippen molar-refractivity contribution in [3.8, 4) is 0 Å². The number of aromatic nitrogens is 1. The van der Waals surface area contributed by atoms with Crippen LogP contribution in [0, 0.1) is 17.0 Å². The molecule has 182 valence electrons. The van der Waals surface area contributed by atoms with E-state index in [0.717, 1.165) is 15.3 Å².